The van der Waals surface area contributed by atoms with Crippen LogP contribution in [0.2, 0.25) is 0 Å². The number of nitrogens with two attached hydrogens (primary N) is 1. The van der Waals surface area contributed by atoms with Crippen molar-refractivity contribution in [1.29, 1.82) is 0 Å². The van der Waals surface area contributed by atoms with E-state index >= 15 is 0 Å². The third kappa shape index (κ3) is 1.43. The summed E-state index contributed by atoms with van der Waals surface area (Å²) in [4.78, 5) is 12.7. The highest BCUT2D eigenvalue weighted by atomic mass is 15.1. The summed E-state index contributed by atoms with van der Waals surface area (Å²) in [5.74, 6) is 0.293. The molecule has 0 saturated heterocycles. The Kier molecular flexibility index (Phi) is 2.01. The van der Waals surface area contributed by atoms with Crippen LogP contribution in [0.15, 0.2) is 24.7 Å². The van der Waals surface area contributed by atoms with E-state index in [4.69, 9.17) is 5.73 Å². The van der Waals surface area contributed by atoms with Crippen LogP contribution in [0.1, 0.15) is 19.9 Å². The van der Waals surface area contributed by atoms with Gasteiger partial charge in [0.05, 0.1) is 17.4 Å². The summed E-state index contributed by atoms with van der Waals surface area (Å²) in [5.41, 5.74) is 8.47. The fraction of sp³-hybridized carbons (Fsp3) is 0.250. The third-order valence-corrected chi connectivity index (χ3v) is 2.86. The van der Waals surface area contributed by atoms with Gasteiger partial charge in [0.1, 0.15) is 5.52 Å². The molecule has 17 heavy (non-hydrogen) atoms. The first-order chi connectivity index (χ1) is 8.16. The minimum atomic E-state index is 0.293. The molecule has 0 bridgehead atoms. The average molecular weight is 227 g/mol. The summed E-state index contributed by atoms with van der Waals surface area (Å²) in [5, 5.41) is 0.981. The van der Waals surface area contributed by atoms with Gasteiger partial charge in [-0.1, -0.05) is 0 Å². The Morgan fingerprint density at radius 3 is 2.82 bits per heavy atom. The van der Waals surface area contributed by atoms with Crippen molar-refractivity contribution in [2.75, 3.05) is 5.73 Å². The van der Waals surface area contributed by atoms with Crippen LogP contribution in [0.3, 0.4) is 0 Å². The van der Waals surface area contributed by atoms with E-state index in [9.17, 15) is 0 Å². The number of imidazole rings is 1. The molecule has 0 aliphatic rings. The molecule has 86 valence electrons. The van der Waals surface area contributed by atoms with Gasteiger partial charge in [-0.3, -0.25) is 0 Å². The molecule has 0 saturated carbocycles. The second kappa shape index (κ2) is 3.41. The van der Waals surface area contributed by atoms with Crippen molar-refractivity contribution in [3.63, 3.8) is 0 Å². The van der Waals surface area contributed by atoms with Gasteiger partial charge in [-0.25, -0.2) is 15.0 Å². The molecule has 0 radical (unpaired) electrons. The minimum absolute atomic E-state index is 0.293. The molecule has 0 amide bonds. The van der Waals surface area contributed by atoms with Gasteiger partial charge in [0.2, 0.25) is 5.95 Å². The van der Waals surface area contributed by atoms with Crippen LogP contribution in [0.25, 0.3) is 21.9 Å². The first-order valence-corrected chi connectivity index (χ1v) is 5.54. The van der Waals surface area contributed by atoms with Crippen molar-refractivity contribution < 1.29 is 0 Å². The lowest BCUT2D eigenvalue weighted by Gasteiger charge is -2.09. The van der Waals surface area contributed by atoms with E-state index in [1.165, 1.54) is 0 Å². The fourth-order valence-electron chi connectivity index (χ4n) is 2.02. The van der Waals surface area contributed by atoms with E-state index in [1.807, 2.05) is 18.5 Å². The summed E-state index contributed by atoms with van der Waals surface area (Å²) in [6, 6.07) is 4.28. The zero-order valence-electron chi connectivity index (χ0n) is 9.75. The van der Waals surface area contributed by atoms with Crippen molar-refractivity contribution in [3.8, 4) is 0 Å². The lowest BCUT2D eigenvalue weighted by molar-refractivity contribution is 0.618. The van der Waals surface area contributed by atoms with Crippen LogP contribution in [-0.4, -0.2) is 19.5 Å². The SMILES string of the molecule is CC(C)n1cnc2ccc3cnc(N)nc3c21. The summed E-state index contributed by atoms with van der Waals surface area (Å²) in [6.45, 7) is 4.23. The van der Waals surface area contributed by atoms with E-state index in [-0.39, 0.29) is 0 Å². The Morgan fingerprint density at radius 2 is 2.06 bits per heavy atom. The molecule has 2 heterocycles. The van der Waals surface area contributed by atoms with Crippen LogP contribution in [-0.2, 0) is 0 Å². The Balaban J connectivity index is 2.51. The highest BCUT2D eigenvalue weighted by Gasteiger charge is 2.10. The summed E-state index contributed by atoms with van der Waals surface area (Å²) >= 11 is 0. The first kappa shape index (κ1) is 10.0. The number of fused-ring (bicyclic) bond motifs is 3. The van der Waals surface area contributed by atoms with Gasteiger partial charge in [-0.2, -0.15) is 0 Å². The predicted molar refractivity (Wildman–Crippen MR) is 67.6 cm³/mol. The maximum absolute atomic E-state index is 5.66. The second-order valence-electron chi connectivity index (χ2n) is 4.34. The Labute approximate surface area is 98.3 Å². The molecule has 1 aromatic carbocycles. The van der Waals surface area contributed by atoms with Crippen LogP contribution in [0, 0.1) is 0 Å². The van der Waals surface area contributed by atoms with E-state index in [2.05, 4.69) is 33.4 Å². The van der Waals surface area contributed by atoms with Gasteiger partial charge in [-0.15, -0.1) is 0 Å². The highest BCUT2D eigenvalue weighted by Crippen LogP contribution is 2.25. The molecule has 0 aliphatic heterocycles. The average Bonchev–Trinajstić information content (AvgIpc) is 2.73. The molecular weight excluding hydrogens is 214 g/mol. The van der Waals surface area contributed by atoms with Crippen LogP contribution in [0.5, 0.6) is 0 Å². The highest BCUT2D eigenvalue weighted by molar-refractivity contribution is 6.01. The van der Waals surface area contributed by atoms with Gasteiger partial charge in [0.25, 0.3) is 0 Å². The monoisotopic (exact) mass is 227 g/mol. The zero-order valence-corrected chi connectivity index (χ0v) is 9.75. The molecular formula is C12H13N5. The van der Waals surface area contributed by atoms with Crippen LogP contribution in [0.4, 0.5) is 5.95 Å². The molecule has 2 N–H and O–H groups in total. The van der Waals surface area contributed by atoms with E-state index in [0.29, 0.717) is 12.0 Å². The van der Waals surface area contributed by atoms with E-state index in [0.717, 1.165) is 21.9 Å². The van der Waals surface area contributed by atoms with Gasteiger partial charge in [0, 0.05) is 17.6 Å². The van der Waals surface area contributed by atoms with Crippen molar-refractivity contribution in [2.24, 2.45) is 0 Å². The van der Waals surface area contributed by atoms with Gasteiger partial charge in [0.15, 0.2) is 0 Å². The molecule has 0 aliphatic carbocycles. The van der Waals surface area contributed by atoms with Crippen LogP contribution >= 0.6 is 0 Å². The van der Waals surface area contributed by atoms with E-state index in [1.54, 1.807) is 6.20 Å². The smallest absolute Gasteiger partial charge is 0.220 e. The van der Waals surface area contributed by atoms with Crippen molar-refractivity contribution >= 4 is 27.9 Å². The second-order valence-corrected chi connectivity index (χ2v) is 4.34. The molecule has 3 rings (SSSR count). The normalized spacial score (nSPS) is 11.7. The minimum Gasteiger partial charge on any atom is -0.368 e. The Hall–Kier alpha value is -2.17. The Bertz CT molecular complexity index is 699. The molecule has 0 spiro atoms. The number of hydrogen-bond donors (Lipinski definition) is 1. The summed E-state index contributed by atoms with van der Waals surface area (Å²) in [7, 11) is 0. The standard InChI is InChI=1S/C12H13N5/c1-7(2)17-6-15-9-4-3-8-5-14-12(13)16-10(8)11(9)17/h3-7H,1-2H3,(H2,13,14,16). The topological polar surface area (TPSA) is 69.6 Å². The first-order valence-electron chi connectivity index (χ1n) is 5.54. The van der Waals surface area contributed by atoms with Crippen molar-refractivity contribution in [1.82, 2.24) is 19.5 Å². The molecule has 0 unspecified atom stereocenters. The van der Waals surface area contributed by atoms with E-state index < -0.39 is 0 Å². The maximum atomic E-state index is 5.66. The van der Waals surface area contributed by atoms with Gasteiger partial charge < -0.3 is 10.3 Å². The lowest BCUT2D eigenvalue weighted by atomic mass is 10.2. The number of hydrogen-bond acceptors (Lipinski definition) is 4. The number of nitrogens with zero attached hydrogens (tertiary/aromatic N) is 4. The largest absolute Gasteiger partial charge is 0.368 e. The van der Waals surface area contributed by atoms with Crippen molar-refractivity contribution in [3.05, 3.63) is 24.7 Å². The number of anilines is 1. The zero-order chi connectivity index (χ0) is 12.0. The molecule has 0 atom stereocenters. The number of rotatable bonds is 1. The molecule has 0 fully saturated rings. The van der Waals surface area contributed by atoms with Crippen molar-refractivity contribution in [2.45, 2.75) is 19.9 Å². The number of nitrogen functional groups attached to an aromatic ring is 1. The lowest BCUT2D eigenvalue weighted by Crippen LogP contribution is -2.00. The Morgan fingerprint density at radius 1 is 1.24 bits per heavy atom. The van der Waals surface area contributed by atoms with Gasteiger partial charge >= 0.3 is 0 Å². The predicted octanol–water partition coefficient (Wildman–Crippen LogP) is 2.14. The quantitative estimate of drug-likeness (QED) is 0.691. The fourth-order valence-corrected chi connectivity index (χ4v) is 2.02. The molecule has 3 aromatic rings. The molecule has 2 aromatic heterocycles. The number of benzene rings is 1. The third-order valence-electron chi connectivity index (χ3n) is 2.86. The maximum Gasteiger partial charge on any atom is 0.220 e. The summed E-state index contributed by atoms with van der Waals surface area (Å²) < 4.78 is 2.10. The number of aromatic nitrogens is 4. The molecule has 5 heteroatoms. The van der Waals surface area contributed by atoms with Gasteiger partial charge in [-0.05, 0) is 26.0 Å². The summed E-state index contributed by atoms with van der Waals surface area (Å²) in [6.07, 6.45) is 3.59. The molecule has 5 nitrogen and oxygen atoms in total. The van der Waals surface area contributed by atoms with Crippen LogP contribution < -0.4 is 5.73 Å².